The zero-order valence-corrected chi connectivity index (χ0v) is 16.6. The van der Waals surface area contributed by atoms with Gasteiger partial charge in [-0.1, -0.05) is 12.1 Å². The van der Waals surface area contributed by atoms with E-state index in [1.165, 1.54) is 6.07 Å². The maximum atomic E-state index is 12.5. The number of hydrogen-bond donors (Lipinski definition) is 3. The highest BCUT2D eigenvalue weighted by Gasteiger charge is 2.29. The van der Waals surface area contributed by atoms with E-state index in [0.29, 0.717) is 16.8 Å². The number of aryl methyl sites for hydroxylation is 1. The van der Waals surface area contributed by atoms with Crippen LogP contribution >= 0.6 is 0 Å². The minimum Gasteiger partial charge on any atom is -0.348 e. The van der Waals surface area contributed by atoms with E-state index in [1.807, 2.05) is 6.07 Å². The van der Waals surface area contributed by atoms with Gasteiger partial charge in [0, 0.05) is 23.7 Å². The summed E-state index contributed by atoms with van der Waals surface area (Å²) in [4.78, 5) is 24.3. The van der Waals surface area contributed by atoms with Crippen molar-refractivity contribution in [2.24, 2.45) is 11.1 Å². The maximum Gasteiger partial charge on any atom is 0.251 e. The molecule has 148 valence electrons. The van der Waals surface area contributed by atoms with Gasteiger partial charge in [0.05, 0.1) is 4.90 Å². The van der Waals surface area contributed by atoms with E-state index in [2.05, 4.69) is 10.6 Å². The molecule has 1 aliphatic carbocycles. The number of amides is 2. The number of primary sulfonamides is 1. The first-order valence-electron chi connectivity index (χ1n) is 8.97. The van der Waals surface area contributed by atoms with Gasteiger partial charge in [-0.15, -0.1) is 0 Å². The number of rotatable bonds is 6. The first-order chi connectivity index (χ1) is 13.1. The fourth-order valence-electron chi connectivity index (χ4n) is 2.89. The second kappa shape index (κ2) is 7.73. The third-order valence-corrected chi connectivity index (χ3v) is 5.82. The summed E-state index contributed by atoms with van der Waals surface area (Å²) in [6.45, 7) is 3.62. The molecule has 0 saturated heterocycles. The molecule has 1 fully saturated rings. The lowest BCUT2D eigenvalue weighted by molar-refractivity contribution is -0.117. The molecule has 7 nitrogen and oxygen atoms in total. The van der Waals surface area contributed by atoms with Crippen molar-refractivity contribution < 1.29 is 18.0 Å². The molecule has 28 heavy (non-hydrogen) atoms. The number of sulfonamides is 1. The number of nitrogens with two attached hydrogens (primary N) is 1. The number of nitrogens with one attached hydrogen (secondary N) is 2. The second-order valence-corrected chi connectivity index (χ2v) is 8.64. The zero-order chi connectivity index (χ0) is 20.5. The summed E-state index contributed by atoms with van der Waals surface area (Å²) >= 11 is 0. The van der Waals surface area contributed by atoms with Crippen LogP contribution in [-0.4, -0.2) is 20.2 Å². The van der Waals surface area contributed by atoms with Gasteiger partial charge in [0.25, 0.3) is 5.91 Å². The molecule has 0 bridgehead atoms. The minimum absolute atomic E-state index is 0.0202. The molecule has 2 aromatic carbocycles. The second-order valence-electron chi connectivity index (χ2n) is 7.11. The molecular weight excluding hydrogens is 378 g/mol. The topological polar surface area (TPSA) is 118 Å². The molecule has 0 aliphatic heterocycles. The Morgan fingerprint density at radius 2 is 1.86 bits per heavy atom. The van der Waals surface area contributed by atoms with E-state index in [9.17, 15) is 18.0 Å². The molecule has 0 unspecified atom stereocenters. The number of carbonyl (C=O) groups is 2. The quantitative estimate of drug-likeness (QED) is 0.688. The third kappa shape index (κ3) is 4.76. The average Bonchev–Trinajstić information content (AvgIpc) is 3.46. The monoisotopic (exact) mass is 401 g/mol. The Kier molecular flexibility index (Phi) is 5.53. The smallest absolute Gasteiger partial charge is 0.251 e. The van der Waals surface area contributed by atoms with Crippen LogP contribution in [-0.2, 0) is 21.4 Å². The molecule has 0 heterocycles. The van der Waals surface area contributed by atoms with Crippen LogP contribution in [0.4, 0.5) is 5.69 Å². The van der Waals surface area contributed by atoms with Crippen molar-refractivity contribution in [1.82, 2.24) is 5.32 Å². The summed E-state index contributed by atoms with van der Waals surface area (Å²) in [5.41, 5.74) is 2.92. The van der Waals surface area contributed by atoms with Crippen molar-refractivity contribution in [3.8, 4) is 0 Å². The first kappa shape index (κ1) is 20.0. The Labute approximate surface area is 164 Å². The van der Waals surface area contributed by atoms with Crippen molar-refractivity contribution in [1.29, 1.82) is 0 Å². The molecule has 2 amide bonds. The van der Waals surface area contributed by atoms with E-state index in [1.54, 1.807) is 38.1 Å². The molecule has 1 aliphatic rings. The van der Waals surface area contributed by atoms with Crippen LogP contribution < -0.4 is 15.8 Å². The number of anilines is 1. The van der Waals surface area contributed by atoms with Crippen molar-refractivity contribution in [2.45, 2.75) is 38.1 Å². The SMILES string of the molecule is Cc1cc(C(=O)NCc2cccc(NC(=O)C3CC3)c2)cc(S(N)(=O)=O)c1C. The molecule has 1 saturated carbocycles. The number of benzene rings is 2. The molecule has 8 heteroatoms. The van der Waals surface area contributed by atoms with Gasteiger partial charge in [-0.05, 0) is 67.6 Å². The van der Waals surface area contributed by atoms with Crippen molar-refractivity contribution in [2.75, 3.05) is 5.32 Å². The molecule has 0 aromatic heterocycles. The Balaban J connectivity index is 1.70. The highest BCUT2D eigenvalue weighted by Crippen LogP contribution is 2.30. The summed E-state index contributed by atoms with van der Waals surface area (Å²) in [6, 6.07) is 10.2. The van der Waals surface area contributed by atoms with Crippen LogP contribution in [0.2, 0.25) is 0 Å². The van der Waals surface area contributed by atoms with Gasteiger partial charge in [0.15, 0.2) is 0 Å². The lowest BCUT2D eigenvalue weighted by Gasteiger charge is -2.12. The average molecular weight is 401 g/mol. The summed E-state index contributed by atoms with van der Waals surface area (Å²) in [5, 5.41) is 10.9. The van der Waals surface area contributed by atoms with Gasteiger partial charge in [0.2, 0.25) is 15.9 Å². The molecule has 4 N–H and O–H groups in total. The van der Waals surface area contributed by atoms with Crippen LogP contribution in [0.1, 0.15) is 39.9 Å². The van der Waals surface area contributed by atoms with E-state index in [4.69, 9.17) is 5.14 Å². The molecule has 0 atom stereocenters. The van der Waals surface area contributed by atoms with E-state index < -0.39 is 15.9 Å². The third-order valence-electron chi connectivity index (χ3n) is 4.78. The van der Waals surface area contributed by atoms with Gasteiger partial charge >= 0.3 is 0 Å². The molecular formula is C20H23N3O4S. The van der Waals surface area contributed by atoms with Crippen LogP contribution in [0.15, 0.2) is 41.3 Å². The summed E-state index contributed by atoms with van der Waals surface area (Å²) in [5.74, 6) is -0.270. The summed E-state index contributed by atoms with van der Waals surface area (Å²) in [6.07, 6.45) is 1.86. The minimum atomic E-state index is -3.92. The Hall–Kier alpha value is -2.71. The highest BCUT2D eigenvalue weighted by atomic mass is 32.2. The lowest BCUT2D eigenvalue weighted by atomic mass is 10.1. The van der Waals surface area contributed by atoms with Crippen molar-refractivity contribution >= 4 is 27.5 Å². The predicted molar refractivity (Wildman–Crippen MR) is 106 cm³/mol. The van der Waals surface area contributed by atoms with Crippen LogP contribution in [0.5, 0.6) is 0 Å². The van der Waals surface area contributed by atoms with Crippen LogP contribution in [0.3, 0.4) is 0 Å². The normalized spacial score (nSPS) is 13.8. The first-order valence-corrected chi connectivity index (χ1v) is 10.5. The van der Waals surface area contributed by atoms with Gasteiger partial charge in [-0.25, -0.2) is 13.6 Å². The summed E-state index contributed by atoms with van der Waals surface area (Å²) in [7, 11) is -3.92. The zero-order valence-electron chi connectivity index (χ0n) is 15.8. The van der Waals surface area contributed by atoms with Gasteiger partial charge in [-0.2, -0.15) is 0 Å². The molecule has 0 spiro atoms. The Morgan fingerprint density at radius 3 is 2.50 bits per heavy atom. The fraction of sp³-hybridized carbons (Fsp3) is 0.300. The van der Waals surface area contributed by atoms with Crippen LogP contribution in [0, 0.1) is 19.8 Å². The highest BCUT2D eigenvalue weighted by molar-refractivity contribution is 7.89. The largest absolute Gasteiger partial charge is 0.348 e. The maximum absolute atomic E-state index is 12.5. The van der Waals surface area contributed by atoms with Crippen molar-refractivity contribution in [3.05, 3.63) is 58.7 Å². The Morgan fingerprint density at radius 1 is 1.14 bits per heavy atom. The predicted octanol–water partition coefficient (Wildman–Crippen LogP) is 2.23. The van der Waals surface area contributed by atoms with Crippen LogP contribution in [0.25, 0.3) is 0 Å². The molecule has 0 radical (unpaired) electrons. The number of hydrogen-bond acceptors (Lipinski definition) is 4. The Bertz CT molecular complexity index is 1040. The number of carbonyl (C=O) groups excluding carboxylic acids is 2. The summed E-state index contributed by atoms with van der Waals surface area (Å²) < 4.78 is 23.5. The van der Waals surface area contributed by atoms with E-state index in [0.717, 1.165) is 18.4 Å². The van der Waals surface area contributed by atoms with E-state index >= 15 is 0 Å². The van der Waals surface area contributed by atoms with Gasteiger partial charge in [-0.3, -0.25) is 9.59 Å². The lowest BCUT2D eigenvalue weighted by Crippen LogP contribution is -2.24. The van der Waals surface area contributed by atoms with E-state index in [-0.39, 0.29) is 28.8 Å². The molecule has 2 aromatic rings. The van der Waals surface area contributed by atoms with Gasteiger partial charge < -0.3 is 10.6 Å². The van der Waals surface area contributed by atoms with Gasteiger partial charge in [0.1, 0.15) is 0 Å². The fourth-order valence-corrected chi connectivity index (χ4v) is 3.77. The van der Waals surface area contributed by atoms with Crippen molar-refractivity contribution in [3.63, 3.8) is 0 Å². The standard InChI is InChI=1S/C20H23N3O4S/c1-12-8-16(10-18(13(12)2)28(21,26)27)19(24)22-11-14-4-3-5-17(9-14)23-20(25)15-6-7-15/h3-5,8-10,15H,6-7,11H2,1-2H3,(H,22,24)(H,23,25)(H2,21,26,27). The molecule has 3 rings (SSSR count).